The number of carbonyl (C=O) groups is 2. The standard InChI is InChI=1S/C12H14BrNO3S/c13-10-4-3-8(18-10)6-11(15)14-9(12(16)17)5-7-1-2-7/h3-4,7,9H,1-2,5-6H2,(H,14,15)(H,16,17). The van der Waals surface area contributed by atoms with Crippen LogP contribution in [0.5, 0.6) is 0 Å². The number of hydrogen-bond donors (Lipinski definition) is 2. The van der Waals surface area contributed by atoms with E-state index in [1.54, 1.807) is 0 Å². The Kier molecular flexibility index (Phi) is 4.40. The number of carboxylic acid groups (broad SMARTS) is 1. The fourth-order valence-corrected chi connectivity index (χ4v) is 3.24. The minimum atomic E-state index is -0.942. The number of halogens is 1. The molecule has 1 aliphatic carbocycles. The first-order valence-corrected chi connectivity index (χ1v) is 7.42. The fourth-order valence-electron chi connectivity index (χ4n) is 1.76. The zero-order chi connectivity index (χ0) is 13.1. The van der Waals surface area contributed by atoms with Crippen LogP contribution in [0.3, 0.4) is 0 Å². The largest absolute Gasteiger partial charge is 0.480 e. The number of carbonyl (C=O) groups excluding carboxylic acids is 1. The Morgan fingerprint density at radius 2 is 2.22 bits per heavy atom. The summed E-state index contributed by atoms with van der Waals surface area (Å²) in [7, 11) is 0. The topological polar surface area (TPSA) is 66.4 Å². The summed E-state index contributed by atoms with van der Waals surface area (Å²) in [6, 6.07) is 3.00. The van der Waals surface area contributed by atoms with Gasteiger partial charge in [-0.05, 0) is 40.4 Å². The van der Waals surface area contributed by atoms with Crippen molar-refractivity contribution in [3.8, 4) is 0 Å². The summed E-state index contributed by atoms with van der Waals surface area (Å²) >= 11 is 4.82. The van der Waals surface area contributed by atoms with Gasteiger partial charge in [0, 0.05) is 4.88 Å². The van der Waals surface area contributed by atoms with E-state index in [1.165, 1.54) is 11.3 Å². The van der Waals surface area contributed by atoms with Crippen LogP contribution in [0, 0.1) is 5.92 Å². The molecule has 2 N–H and O–H groups in total. The molecule has 98 valence electrons. The number of amides is 1. The Hall–Kier alpha value is -0.880. The van der Waals surface area contributed by atoms with Gasteiger partial charge >= 0.3 is 5.97 Å². The van der Waals surface area contributed by atoms with E-state index in [2.05, 4.69) is 21.2 Å². The number of thiophene rings is 1. The Labute approximate surface area is 118 Å². The molecule has 0 bridgehead atoms. The third-order valence-electron chi connectivity index (χ3n) is 2.86. The van der Waals surface area contributed by atoms with E-state index in [9.17, 15) is 9.59 Å². The highest BCUT2D eigenvalue weighted by Crippen LogP contribution is 2.33. The van der Waals surface area contributed by atoms with Crippen molar-refractivity contribution in [1.82, 2.24) is 5.32 Å². The molecule has 1 aliphatic rings. The van der Waals surface area contributed by atoms with Crippen LogP contribution in [0.2, 0.25) is 0 Å². The highest BCUT2D eigenvalue weighted by Gasteiger charge is 2.30. The van der Waals surface area contributed by atoms with E-state index in [0.29, 0.717) is 12.3 Å². The number of carboxylic acids is 1. The molecule has 4 nitrogen and oxygen atoms in total. The van der Waals surface area contributed by atoms with Crippen molar-refractivity contribution in [1.29, 1.82) is 0 Å². The fraction of sp³-hybridized carbons (Fsp3) is 0.500. The minimum Gasteiger partial charge on any atom is -0.480 e. The monoisotopic (exact) mass is 331 g/mol. The van der Waals surface area contributed by atoms with E-state index in [0.717, 1.165) is 21.5 Å². The smallest absolute Gasteiger partial charge is 0.326 e. The second-order valence-corrected chi connectivity index (χ2v) is 7.07. The first-order valence-electron chi connectivity index (χ1n) is 5.81. The molecule has 2 rings (SSSR count). The average molecular weight is 332 g/mol. The third kappa shape index (κ3) is 4.10. The van der Waals surface area contributed by atoms with Crippen molar-refractivity contribution in [2.24, 2.45) is 5.92 Å². The van der Waals surface area contributed by atoms with Crippen LogP contribution in [-0.2, 0) is 16.0 Å². The van der Waals surface area contributed by atoms with Gasteiger partial charge in [-0.15, -0.1) is 11.3 Å². The molecular formula is C12H14BrNO3S. The zero-order valence-electron chi connectivity index (χ0n) is 9.69. The molecule has 6 heteroatoms. The van der Waals surface area contributed by atoms with Crippen LogP contribution in [0.15, 0.2) is 15.9 Å². The molecule has 0 aromatic carbocycles. The Morgan fingerprint density at radius 1 is 1.50 bits per heavy atom. The van der Waals surface area contributed by atoms with Crippen molar-refractivity contribution in [3.05, 3.63) is 20.8 Å². The van der Waals surface area contributed by atoms with Crippen LogP contribution in [0.4, 0.5) is 0 Å². The van der Waals surface area contributed by atoms with Crippen molar-refractivity contribution >= 4 is 39.1 Å². The molecule has 1 heterocycles. The van der Waals surface area contributed by atoms with Crippen LogP contribution in [0.1, 0.15) is 24.1 Å². The van der Waals surface area contributed by atoms with Gasteiger partial charge < -0.3 is 10.4 Å². The molecule has 0 radical (unpaired) electrons. The maximum atomic E-state index is 11.8. The van der Waals surface area contributed by atoms with Crippen molar-refractivity contribution in [2.75, 3.05) is 0 Å². The van der Waals surface area contributed by atoms with Gasteiger partial charge in [-0.1, -0.05) is 12.8 Å². The van der Waals surface area contributed by atoms with Gasteiger partial charge in [0.2, 0.25) is 5.91 Å². The SMILES string of the molecule is O=C(Cc1ccc(Br)s1)NC(CC1CC1)C(=O)O. The molecule has 1 aromatic heterocycles. The maximum absolute atomic E-state index is 11.8. The van der Waals surface area contributed by atoms with Crippen LogP contribution >= 0.6 is 27.3 Å². The molecule has 1 amide bonds. The number of aliphatic carboxylic acids is 1. The molecule has 0 aliphatic heterocycles. The molecule has 0 saturated heterocycles. The summed E-state index contributed by atoms with van der Waals surface area (Å²) in [5.41, 5.74) is 0. The molecule has 1 aromatic rings. The average Bonchev–Trinajstić information content (AvgIpc) is 3.01. The highest BCUT2D eigenvalue weighted by atomic mass is 79.9. The molecule has 1 saturated carbocycles. The van der Waals surface area contributed by atoms with Crippen LogP contribution in [-0.4, -0.2) is 23.0 Å². The lowest BCUT2D eigenvalue weighted by atomic mass is 10.1. The zero-order valence-corrected chi connectivity index (χ0v) is 12.1. The van der Waals surface area contributed by atoms with Gasteiger partial charge in [-0.25, -0.2) is 4.79 Å². The summed E-state index contributed by atoms with van der Waals surface area (Å²) in [5.74, 6) is -0.692. The van der Waals surface area contributed by atoms with Gasteiger partial charge in [-0.3, -0.25) is 4.79 Å². The van der Waals surface area contributed by atoms with E-state index in [4.69, 9.17) is 5.11 Å². The third-order valence-corrected chi connectivity index (χ3v) is 4.49. The maximum Gasteiger partial charge on any atom is 0.326 e. The molecule has 1 atom stereocenters. The quantitative estimate of drug-likeness (QED) is 0.841. The van der Waals surface area contributed by atoms with Crippen molar-refractivity contribution in [3.63, 3.8) is 0 Å². The number of rotatable bonds is 6. The first kappa shape index (κ1) is 13.5. The molecular weight excluding hydrogens is 318 g/mol. The molecule has 1 fully saturated rings. The van der Waals surface area contributed by atoms with E-state index in [1.807, 2.05) is 12.1 Å². The molecule has 18 heavy (non-hydrogen) atoms. The van der Waals surface area contributed by atoms with Gasteiger partial charge in [0.15, 0.2) is 0 Å². The highest BCUT2D eigenvalue weighted by molar-refractivity contribution is 9.11. The lowest BCUT2D eigenvalue weighted by Gasteiger charge is -2.13. The number of hydrogen-bond acceptors (Lipinski definition) is 3. The second kappa shape index (κ2) is 5.84. The van der Waals surface area contributed by atoms with Gasteiger partial charge in [0.25, 0.3) is 0 Å². The van der Waals surface area contributed by atoms with Gasteiger partial charge in [-0.2, -0.15) is 0 Å². The Bertz CT molecular complexity index is 456. The summed E-state index contributed by atoms with van der Waals surface area (Å²) in [6.07, 6.45) is 2.95. The summed E-state index contributed by atoms with van der Waals surface area (Å²) in [4.78, 5) is 23.7. The van der Waals surface area contributed by atoms with Crippen LogP contribution < -0.4 is 5.32 Å². The predicted molar refractivity (Wildman–Crippen MR) is 72.6 cm³/mol. The predicted octanol–water partition coefficient (Wildman–Crippen LogP) is 2.42. The van der Waals surface area contributed by atoms with E-state index >= 15 is 0 Å². The normalized spacial score (nSPS) is 16.3. The molecule has 0 spiro atoms. The summed E-state index contributed by atoms with van der Waals surface area (Å²) in [5, 5.41) is 11.6. The molecule has 1 unspecified atom stereocenters. The summed E-state index contributed by atoms with van der Waals surface area (Å²) in [6.45, 7) is 0. The first-order chi connectivity index (χ1) is 8.54. The lowest BCUT2D eigenvalue weighted by molar-refractivity contribution is -0.142. The minimum absolute atomic E-state index is 0.225. The van der Waals surface area contributed by atoms with Crippen molar-refractivity contribution in [2.45, 2.75) is 31.7 Å². The van der Waals surface area contributed by atoms with Gasteiger partial charge in [0.1, 0.15) is 6.04 Å². The van der Waals surface area contributed by atoms with E-state index < -0.39 is 12.0 Å². The number of nitrogens with one attached hydrogen (secondary N) is 1. The Morgan fingerprint density at radius 3 is 2.72 bits per heavy atom. The summed E-state index contributed by atoms with van der Waals surface area (Å²) < 4.78 is 0.970. The van der Waals surface area contributed by atoms with Crippen LogP contribution in [0.25, 0.3) is 0 Å². The second-order valence-electron chi connectivity index (χ2n) is 4.52. The van der Waals surface area contributed by atoms with Crippen molar-refractivity contribution < 1.29 is 14.7 Å². The van der Waals surface area contributed by atoms with E-state index in [-0.39, 0.29) is 12.3 Å². The Balaban J connectivity index is 1.85. The van der Waals surface area contributed by atoms with Gasteiger partial charge in [0.05, 0.1) is 10.2 Å². The lowest BCUT2D eigenvalue weighted by Crippen LogP contribution is -2.41.